The highest BCUT2D eigenvalue weighted by Crippen LogP contribution is 2.34. The van der Waals surface area contributed by atoms with Gasteiger partial charge in [0, 0.05) is 13.0 Å². The SMILES string of the molecule is O=C(C[C@@H]1CCc2ccccc21)NCCS(=O)(=O)c1ccc(F)cc1. The molecule has 0 unspecified atom stereocenters. The summed E-state index contributed by atoms with van der Waals surface area (Å²) < 4.78 is 37.2. The van der Waals surface area contributed by atoms with Crippen LogP contribution in [0.3, 0.4) is 0 Å². The molecule has 0 saturated heterocycles. The van der Waals surface area contributed by atoms with Crippen LogP contribution in [0.2, 0.25) is 0 Å². The molecule has 0 aliphatic heterocycles. The topological polar surface area (TPSA) is 63.2 Å². The van der Waals surface area contributed by atoms with Crippen molar-refractivity contribution < 1.29 is 17.6 Å². The van der Waals surface area contributed by atoms with Gasteiger partial charge in [-0.2, -0.15) is 0 Å². The number of carbonyl (C=O) groups excluding carboxylic acids is 1. The summed E-state index contributed by atoms with van der Waals surface area (Å²) in [5, 5.41) is 2.69. The van der Waals surface area contributed by atoms with Gasteiger partial charge in [-0.1, -0.05) is 24.3 Å². The fraction of sp³-hybridized carbons (Fsp3) is 0.316. The monoisotopic (exact) mass is 361 g/mol. The van der Waals surface area contributed by atoms with E-state index >= 15 is 0 Å². The lowest BCUT2D eigenvalue weighted by molar-refractivity contribution is -0.121. The molecule has 0 saturated carbocycles. The highest BCUT2D eigenvalue weighted by molar-refractivity contribution is 7.91. The number of aryl methyl sites for hydroxylation is 1. The Hall–Kier alpha value is -2.21. The van der Waals surface area contributed by atoms with Gasteiger partial charge in [0.05, 0.1) is 10.6 Å². The van der Waals surface area contributed by atoms with Crippen LogP contribution in [-0.4, -0.2) is 26.6 Å². The molecule has 2 aromatic carbocycles. The van der Waals surface area contributed by atoms with Gasteiger partial charge in [-0.3, -0.25) is 4.79 Å². The Morgan fingerprint density at radius 2 is 1.84 bits per heavy atom. The third kappa shape index (κ3) is 4.25. The molecule has 0 bridgehead atoms. The average molecular weight is 361 g/mol. The Kier molecular flexibility index (Phi) is 5.18. The van der Waals surface area contributed by atoms with E-state index in [4.69, 9.17) is 0 Å². The molecule has 0 heterocycles. The van der Waals surface area contributed by atoms with Crippen LogP contribution in [0.1, 0.15) is 29.9 Å². The Bertz CT molecular complexity index is 862. The molecular weight excluding hydrogens is 341 g/mol. The first-order chi connectivity index (χ1) is 12.0. The molecule has 1 N–H and O–H groups in total. The van der Waals surface area contributed by atoms with Crippen molar-refractivity contribution in [3.8, 4) is 0 Å². The number of rotatable bonds is 6. The molecule has 1 amide bonds. The first-order valence-corrected chi connectivity index (χ1v) is 9.94. The Balaban J connectivity index is 1.51. The van der Waals surface area contributed by atoms with Gasteiger partial charge in [0.15, 0.2) is 9.84 Å². The van der Waals surface area contributed by atoms with Crippen LogP contribution in [0.25, 0.3) is 0 Å². The molecule has 0 fully saturated rings. The molecule has 4 nitrogen and oxygen atoms in total. The molecule has 0 aromatic heterocycles. The van der Waals surface area contributed by atoms with E-state index in [9.17, 15) is 17.6 Å². The predicted octanol–water partition coefficient (Wildman–Crippen LogP) is 2.84. The molecule has 1 atom stereocenters. The van der Waals surface area contributed by atoms with Crippen molar-refractivity contribution in [3.63, 3.8) is 0 Å². The molecule has 0 spiro atoms. The van der Waals surface area contributed by atoms with Gasteiger partial charge < -0.3 is 5.32 Å². The Labute approximate surface area is 147 Å². The number of fused-ring (bicyclic) bond motifs is 1. The van der Waals surface area contributed by atoms with Crippen molar-refractivity contribution in [2.24, 2.45) is 0 Å². The minimum Gasteiger partial charge on any atom is -0.355 e. The van der Waals surface area contributed by atoms with Crippen molar-refractivity contribution in [2.75, 3.05) is 12.3 Å². The third-order valence-electron chi connectivity index (χ3n) is 4.55. The van der Waals surface area contributed by atoms with Crippen molar-refractivity contribution in [1.29, 1.82) is 0 Å². The van der Waals surface area contributed by atoms with E-state index in [1.807, 2.05) is 12.1 Å². The van der Waals surface area contributed by atoms with Gasteiger partial charge in [-0.25, -0.2) is 12.8 Å². The van der Waals surface area contributed by atoms with Crippen LogP contribution in [-0.2, 0) is 21.1 Å². The van der Waals surface area contributed by atoms with Gasteiger partial charge in [0.25, 0.3) is 0 Å². The summed E-state index contributed by atoms with van der Waals surface area (Å²) in [6, 6.07) is 12.8. The number of carbonyl (C=O) groups is 1. The highest BCUT2D eigenvalue weighted by atomic mass is 32.2. The Morgan fingerprint density at radius 1 is 1.12 bits per heavy atom. The molecule has 1 aliphatic rings. The van der Waals surface area contributed by atoms with E-state index in [0.29, 0.717) is 6.42 Å². The molecule has 1 aliphatic carbocycles. The molecule has 0 radical (unpaired) electrons. The van der Waals surface area contributed by atoms with Gasteiger partial charge in [-0.05, 0) is 54.2 Å². The number of amides is 1. The maximum Gasteiger partial charge on any atom is 0.220 e. The minimum atomic E-state index is -3.53. The summed E-state index contributed by atoms with van der Waals surface area (Å²) in [4.78, 5) is 12.2. The molecule has 132 valence electrons. The number of halogens is 1. The fourth-order valence-corrected chi connectivity index (χ4v) is 4.40. The second-order valence-corrected chi connectivity index (χ2v) is 8.37. The van der Waals surface area contributed by atoms with E-state index in [-0.39, 0.29) is 29.0 Å². The van der Waals surface area contributed by atoms with Crippen LogP contribution >= 0.6 is 0 Å². The molecular formula is C19H20FNO3S. The van der Waals surface area contributed by atoms with Crippen LogP contribution in [0.15, 0.2) is 53.4 Å². The van der Waals surface area contributed by atoms with E-state index in [1.165, 1.54) is 23.3 Å². The van der Waals surface area contributed by atoms with Gasteiger partial charge in [-0.15, -0.1) is 0 Å². The number of sulfone groups is 1. The van der Waals surface area contributed by atoms with Crippen molar-refractivity contribution >= 4 is 15.7 Å². The maximum atomic E-state index is 12.9. The summed E-state index contributed by atoms with van der Waals surface area (Å²) >= 11 is 0. The number of benzene rings is 2. The zero-order chi connectivity index (χ0) is 17.9. The van der Waals surface area contributed by atoms with E-state index in [1.54, 1.807) is 0 Å². The quantitative estimate of drug-likeness (QED) is 0.805. The predicted molar refractivity (Wildman–Crippen MR) is 93.6 cm³/mol. The van der Waals surface area contributed by atoms with E-state index < -0.39 is 15.7 Å². The lowest BCUT2D eigenvalue weighted by Gasteiger charge is -2.12. The first-order valence-electron chi connectivity index (χ1n) is 8.28. The van der Waals surface area contributed by atoms with Gasteiger partial charge >= 0.3 is 0 Å². The van der Waals surface area contributed by atoms with E-state index in [0.717, 1.165) is 25.0 Å². The zero-order valence-corrected chi connectivity index (χ0v) is 14.6. The highest BCUT2D eigenvalue weighted by Gasteiger charge is 2.24. The van der Waals surface area contributed by atoms with Crippen molar-refractivity contribution in [3.05, 3.63) is 65.5 Å². The fourth-order valence-electron chi connectivity index (χ4n) is 3.24. The maximum absolute atomic E-state index is 12.9. The van der Waals surface area contributed by atoms with Crippen LogP contribution in [0.4, 0.5) is 4.39 Å². The lowest BCUT2D eigenvalue weighted by Crippen LogP contribution is -2.30. The second-order valence-electron chi connectivity index (χ2n) is 6.26. The van der Waals surface area contributed by atoms with Gasteiger partial charge in [0.2, 0.25) is 5.91 Å². The smallest absolute Gasteiger partial charge is 0.220 e. The number of hydrogen-bond donors (Lipinski definition) is 1. The van der Waals surface area contributed by atoms with Crippen molar-refractivity contribution in [1.82, 2.24) is 5.32 Å². The van der Waals surface area contributed by atoms with Crippen LogP contribution in [0.5, 0.6) is 0 Å². The molecule has 2 aromatic rings. The number of nitrogens with one attached hydrogen (secondary N) is 1. The van der Waals surface area contributed by atoms with Crippen LogP contribution in [0, 0.1) is 5.82 Å². The molecule has 3 rings (SSSR count). The lowest BCUT2D eigenvalue weighted by atomic mass is 9.97. The minimum absolute atomic E-state index is 0.0485. The summed E-state index contributed by atoms with van der Waals surface area (Å²) in [5.41, 5.74) is 2.51. The molecule has 25 heavy (non-hydrogen) atoms. The normalized spacial score (nSPS) is 16.4. The van der Waals surface area contributed by atoms with E-state index in [2.05, 4.69) is 17.4 Å². The largest absolute Gasteiger partial charge is 0.355 e. The summed E-state index contributed by atoms with van der Waals surface area (Å²) in [6.45, 7) is 0.0485. The zero-order valence-electron chi connectivity index (χ0n) is 13.7. The van der Waals surface area contributed by atoms with Crippen LogP contribution < -0.4 is 5.32 Å². The Morgan fingerprint density at radius 3 is 2.60 bits per heavy atom. The number of hydrogen-bond acceptors (Lipinski definition) is 3. The second kappa shape index (κ2) is 7.35. The summed E-state index contributed by atoms with van der Waals surface area (Å²) in [6.07, 6.45) is 2.29. The summed E-state index contributed by atoms with van der Waals surface area (Å²) in [5.74, 6) is -0.629. The third-order valence-corrected chi connectivity index (χ3v) is 6.29. The standard InChI is InChI=1S/C19H20FNO3S/c20-16-7-9-17(10-8-16)25(23,24)12-11-21-19(22)13-15-6-5-14-3-1-2-4-18(14)15/h1-4,7-10,15H,5-6,11-13H2,(H,21,22)/t15-/m0/s1. The summed E-state index contributed by atoms with van der Waals surface area (Å²) in [7, 11) is -3.53. The van der Waals surface area contributed by atoms with Crippen molar-refractivity contribution in [2.45, 2.75) is 30.1 Å². The van der Waals surface area contributed by atoms with Gasteiger partial charge in [0.1, 0.15) is 5.82 Å². The first kappa shape index (κ1) is 17.6. The molecule has 6 heteroatoms. The average Bonchev–Trinajstić information content (AvgIpc) is 2.98.